The Morgan fingerprint density at radius 2 is 2.22 bits per heavy atom. The Hall–Kier alpha value is -2.80. The molecule has 23 heavy (non-hydrogen) atoms. The number of aromatic nitrogens is 2. The molecule has 0 aliphatic heterocycles. The monoisotopic (exact) mass is 327 g/mol. The zero-order chi connectivity index (χ0) is 15.8. The van der Waals surface area contributed by atoms with Crippen LogP contribution in [0.1, 0.15) is 16.1 Å². The summed E-state index contributed by atoms with van der Waals surface area (Å²) < 4.78 is 19.3. The smallest absolute Gasteiger partial charge is 0.254 e. The molecule has 1 N–H and O–H groups in total. The molecule has 0 saturated heterocycles. The average Bonchev–Trinajstić information content (AvgIpc) is 3.18. The second-order valence-corrected chi connectivity index (χ2v) is 5.89. The lowest BCUT2D eigenvalue weighted by atomic mass is 10.2. The Balaban J connectivity index is 1.59. The number of thiophene rings is 1. The van der Waals surface area contributed by atoms with E-state index in [0.29, 0.717) is 22.2 Å². The van der Waals surface area contributed by atoms with Crippen LogP contribution in [0.5, 0.6) is 0 Å². The van der Waals surface area contributed by atoms with E-state index in [1.165, 1.54) is 35.7 Å². The van der Waals surface area contributed by atoms with Gasteiger partial charge in [-0.1, -0.05) is 5.16 Å². The van der Waals surface area contributed by atoms with Crippen LogP contribution in [-0.2, 0) is 6.54 Å². The lowest BCUT2D eigenvalue weighted by molar-refractivity contribution is 0.0951. The van der Waals surface area contributed by atoms with Crippen molar-refractivity contribution >= 4 is 38.3 Å². The van der Waals surface area contributed by atoms with Gasteiger partial charge in [0.15, 0.2) is 5.58 Å². The first-order chi connectivity index (χ1) is 11.2. The number of halogens is 1. The fourth-order valence-corrected chi connectivity index (χ4v) is 3.28. The summed E-state index contributed by atoms with van der Waals surface area (Å²) in [6, 6.07) is 6.07. The fourth-order valence-electron chi connectivity index (χ4n) is 2.40. The number of nitrogens with zero attached hydrogens (tertiary/aromatic N) is 2. The van der Waals surface area contributed by atoms with Crippen LogP contribution in [0.4, 0.5) is 4.39 Å². The number of nitrogens with one attached hydrogen (secondary N) is 1. The minimum Gasteiger partial charge on any atom is -0.356 e. The molecular formula is C16H10FN3O2S. The average molecular weight is 327 g/mol. The van der Waals surface area contributed by atoms with E-state index in [1.807, 2.05) is 11.4 Å². The van der Waals surface area contributed by atoms with E-state index < -0.39 is 0 Å². The number of fused-ring (bicyclic) bond motifs is 2. The Kier molecular flexibility index (Phi) is 3.27. The highest BCUT2D eigenvalue weighted by Crippen LogP contribution is 2.24. The van der Waals surface area contributed by atoms with Crippen molar-refractivity contribution in [3.63, 3.8) is 0 Å². The van der Waals surface area contributed by atoms with Gasteiger partial charge in [0.2, 0.25) is 0 Å². The van der Waals surface area contributed by atoms with E-state index in [-0.39, 0.29) is 18.3 Å². The maximum absolute atomic E-state index is 13.3. The number of carbonyl (C=O) groups excluding carboxylic acids is 1. The molecule has 0 atom stereocenters. The molecule has 0 aliphatic rings. The Morgan fingerprint density at radius 3 is 3.13 bits per heavy atom. The van der Waals surface area contributed by atoms with Crippen LogP contribution < -0.4 is 5.32 Å². The van der Waals surface area contributed by atoms with Crippen LogP contribution in [0.2, 0.25) is 0 Å². The molecule has 0 radical (unpaired) electrons. The van der Waals surface area contributed by atoms with Gasteiger partial charge in [-0.25, -0.2) is 4.39 Å². The Bertz CT molecular complexity index is 1020. The minimum atomic E-state index is -0.374. The van der Waals surface area contributed by atoms with Crippen LogP contribution in [0.15, 0.2) is 46.6 Å². The molecule has 114 valence electrons. The summed E-state index contributed by atoms with van der Waals surface area (Å²) in [4.78, 5) is 16.5. The van der Waals surface area contributed by atoms with Crippen molar-refractivity contribution in [3.8, 4) is 0 Å². The normalized spacial score (nSPS) is 11.2. The van der Waals surface area contributed by atoms with Gasteiger partial charge in [0, 0.05) is 23.2 Å². The Labute approximate surface area is 133 Å². The second kappa shape index (κ2) is 5.44. The summed E-state index contributed by atoms with van der Waals surface area (Å²) in [5.74, 6) is -0.626. The molecule has 0 spiro atoms. The third-order valence-corrected chi connectivity index (χ3v) is 4.49. The quantitative estimate of drug-likeness (QED) is 0.625. The van der Waals surface area contributed by atoms with E-state index in [4.69, 9.17) is 4.52 Å². The molecule has 0 bridgehead atoms. The predicted octanol–water partition coefficient (Wildman–Crippen LogP) is 3.51. The number of rotatable bonds is 3. The summed E-state index contributed by atoms with van der Waals surface area (Å²) in [5.41, 5.74) is 1.48. The van der Waals surface area contributed by atoms with Gasteiger partial charge in [-0.15, -0.1) is 11.3 Å². The first-order valence-electron chi connectivity index (χ1n) is 6.85. The van der Waals surface area contributed by atoms with Gasteiger partial charge in [0.1, 0.15) is 11.5 Å². The molecular weight excluding hydrogens is 317 g/mol. The predicted molar refractivity (Wildman–Crippen MR) is 84.8 cm³/mol. The van der Waals surface area contributed by atoms with E-state index in [9.17, 15) is 9.18 Å². The number of pyridine rings is 1. The maximum Gasteiger partial charge on any atom is 0.254 e. The molecule has 1 amide bonds. The van der Waals surface area contributed by atoms with Gasteiger partial charge in [-0.2, -0.15) is 0 Å². The summed E-state index contributed by atoms with van der Waals surface area (Å²) >= 11 is 1.49. The van der Waals surface area contributed by atoms with E-state index in [1.54, 1.807) is 6.20 Å². The highest BCUT2D eigenvalue weighted by molar-refractivity contribution is 7.17. The first-order valence-corrected chi connectivity index (χ1v) is 7.73. The lowest BCUT2D eigenvalue weighted by Gasteiger charge is -2.04. The molecule has 5 nitrogen and oxygen atoms in total. The maximum atomic E-state index is 13.3. The molecule has 3 heterocycles. The van der Waals surface area contributed by atoms with Crippen LogP contribution in [0.25, 0.3) is 21.1 Å². The van der Waals surface area contributed by atoms with Gasteiger partial charge in [0.25, 0.3) is 5.91 Å². The fraction of sp³-hybridized carbons (Fsp3) is 0.0625. The SMILES string of the molecule is O=C(NCc1noc2ccc(F)cc12)c1cncc2ccsc12. The Morgan fingerprint density at radius 1 is 1.30 bits per heavy atom. The number of carbonyl (C=O) groups is 1. The van der Waals surface area contributed by atoms with Crippen LogP contribution in [0.3, 0.4) is 0 Å². The highest BCUT2D eigenvalue weighted by atomic mass is 32.1. The van der Waals surface area contributed by atoms with Crippen molar-refractivity contribution in [2.75, 3.05) is 0 Å². The van der Waals surface area contributed by atoms with Crippen LogP contribution >= 0.6 is 11.3 Å². The van der Waals surface area contributed by atoms with Crippen molar-refractivity contribution in [1.82, 2.24) is 15.5 Å². The zero-order valence-electron chi connectivity index (χ0n) is 11.7. The molecule has 4 rings (SSSR count). The molecule has 4 aromatic rings. The topological polar surface area (TPSA) is 68.0 Å². The molecule has 7 heteroatoms. The van der Waals surface area contributed by atoms with Gasteiger partial charge in [0.05, 0.1) is 16.8 Å². The van der Waals surface area contributed by atoms with Crippen molar-refractivity contribution in [3.05, 3.63) is 59.1 Å². The minimum absolute atomic E-state index is 0.150. The second-order valence-electron chi connectivity index (χ2n) is 4.98. The van der Waals surface area contributed by atoms with Crippen LogP contribution in [0, 0.1) is 5.82 Å². The summed E-state index contributed by atoms with van der Waals surface area (Å²) in [5, 5.41) is 10.1. The van der Waals surface area contributed by atoms with Gasteiger partial charge < -0.3 is 9.84 Å². The first kappa shape index (κ1) is 13.8. The van der Waals surface area contributed by atoms with Gasteiger partial charge in [-0.05, 0) is 29.6 Å². The molecule has 0 saturated carbocycles. The molecule has 1 aromatic carbocycles. The zero-order valence-corrected chi connectivity index (χ0v) is 12.6. The third-order valence-electron chi connectivity index (χ3n) is 3.53. The van der Waals surface area contributed by atoms with Gasteiger partial charge >= 0.3 is 0 Å². The molecule has 0 fully saturated rings. The van der Waals surface area contributed by atoms with E-state index >= 15 is 0 Å². The summed E-state index contributed by atoms with van der Waals surface area (Å²) in [7, 11) is 0. The lowest BCUT2D eigenvalue weighted by Crippen LogP contribution is -2.23. The number of benzene rings is 1. The highest BCUT2D eigenvalue weighted by Gasteiger charge is 2.14. The van der Waals surface area contributed by atoms with Crippen molar-refractivity contribution in [1.29, 1.82) is 0 Å². The van der Waals surface area contributed by atoms with Crippen molar-refractivity contribution < 1.29 is 13.7 Å². The number of amides is 1. The van der Waals surface area contributed by atoms with Crippen LogP contribution in [-0.4, -0.2) is 16.0 Å². The van der Waals surface area contributed by atoms with Gasteiger partial charge in [-0.3, -0.25) is 9.78 Å². The number of hydrogen-bond acceptors (Lipinski definition) is 5. The number of hydrogen-bond donors (Lipinski definition) is 1. The molecule has 0 aliphatic carbocycles. The van der Waals surface area contributed by atoms with E-state index in [0.717, 1.165) is 10.1 Å². The third kappa shape index (κ3) is 2.44. The standard InChI is InChI=1S/C16H10FN3O2S/c17-10-1-2-14-11(5-10)13(20-22-14)8-19-16(21)12-7-18-6-9-3-4-23-15(9)12/h1-7H,8H2,(H,19,21). The summed E-state index contributed by atoms with van der Waals surface area (Å²) in [6.45, 7) is 0.150. The summed E-state index contributed by atoms with van der Waals surface area (Å²) in [6.07, 6.45) is 3.26. The molecule has 0 unspecified atom stereocenters. The van der Waals surface area contributed by atoms with E-state index in [2.05, 4.69) is 15.5 Å². The molecule has 3 aromatic heterocycles. The van der Waals surface area contributed by atoms with Crippen molar-refractivity contribution in [2.45, 2.75) is 6.54 Å². The largest absolute Gasteiger partial charge is 0.356 e. The van der Waals surface area contributed by atoms with Crippen molar-refractivity contribution in [2.24, 2.45) is 0 Å².